The Labute approximate surface area is 183 Å². The lowest BCUT2D eigenvalue weighted by Gasteiger charge is -2.19. The summed E-state index contributed by atoms with van der Waals surface area (Å²) in [6.07, 6.45) is 0.954. The van der Waals surface area contributed by atoms with Crippen LogP contribution in [0.25, 0.3) is 0 Å². The average molecular weight is 452 g/mol. The van der Waals surface area contributed by atoms with Gasteiger partial charge in [0.2, 0.25) is 0 Å². The standard InChI is InChI=1S/C21H24ClN2O5S/c22-16-6-2-1-5-14(16)10-12-24(20(26)27)11-4-3-7-18(25)15-8-9-19-17(13-15)23-21(28,29)30-19/h1-2,5-6,8-9,13,23,28-30H,3-4,7,10-12H2,(H,26,27). The topological polar surface area (TPSA) is 110 Å². The molecule has 0 fully saturated rings. The third-order valence-electron chi connectivity index (χ3n) is 4.86. The number of nitrogens with one attached hydrogen (secondary N) is 1. The van der Waals surface area contributed by atoms with Crippen molar-refractivity contribution in [1.29, 1.82) is 0 Å². The van der Waals surface area contributed by atoms with Crippen molar-refractivity contribution in [3.8, 4) is 0 Å². The van der Waals surface area contributed by atoms with Crippen molar-refractivity contribution in [3.05, 3.63) is 58.6 Å². The first kappa shape index (κ1) is 22.4. The van der Waals surface area contributed by atoms with Crippen molar-refractivity contribution >= 4 is 40.9 Å². The molecule has 7 nitrogen and oxygen atoms in total. The molecule has 1 amide bonds. The predicted molar refractivity (Wildman–Crippen MR) is 117 cm³/mol. The molecule has 1 radical (unpaired) electrons. The van der Waals surface area contributed by atoms with E-state index in [1.165, 1.54) is 4.90 Å². The summed E-state index contributed by atoms with van der Waals surface area (Å²) < 4.78 is 0. The van der Waals surface area contributed by atoms with Crippen LogP contribution >= 0.6 is 23.4 Å². The molecule has 1 aliphatic heterocycles. The summed E-state index contributed by atoms with van der Waals surface area (Å²) >= 11 is 6.45. The second-order valence-electron chi connectivity index (χ2n) is 7.10. The molecule has 9 heteroatoms. The van der Waals surface area contributed by atoms with Crippen molar-refractivity contribution in [3.63, 3.8) is 0 Å². The highest BCUT2D eigenvalue weighted by atomic mass is 35.5. The van der Waals surface area contributed by atoms with Crippen LogP contribution in [-0.4, -0.2) is 50.4 Å². The molecular weight excluding hydrogens is 428 g/mol. The van der Waals surface area contributed by atoms with Gasteiger partial charge >= 0.3 is 6.09 Å². The zero-order valence-electron chi connectivity index (χ0n) is 16.2. The number of fused-ring (bicyclic) bond motifs is 1. The average Bonchev–Trinajstić information content (AvgIpc) is 3.00. The van der Waals surface area contributed by atoms with Crippen molar-refractivity contribution in [2.45, 2.75) is 35.8 Å². The highest BCUT2D eigenvalue weighted by molar-refractivity contribution is 8.00. The Morgan fingerprint density at radius 3 is 2.60 bits per heavy atom. The number of ketones is 1. The van der Waals surface area contributed by atoms with Gasteiger partial charge in [-0.3, -0.25) is 4.79 Å². The molecule has 0 unspecified atom stereocenters. The van der Waals surface area contributed by atoms with Gasteiger partial charge < -0.3 is 25.5 Å². The van der Waals surface area contributed by atoms with Crippen LogP contribution in [-0.2, 0) is 6.42 Å². The van der Waals surface area contributed by atoms with Crippen LogP contribution in [0.15, 0.2) is 47.4 Å². The number of Topliss-reactive ketones (excluding diaryl/α,β-unsaturated/α-hetero) is 1. The second-order valence-corrected chi connectivity index (χ2v) is 8.83. The van der Waals surface area contributed by atoms with E-state index in [0.29, 0.717) is 65.3 Å². The van der Waals surface area contributed by atoms with Crippen LogP contribution in [0.5, 0.6) is 0 Å². The van der Waals surface area contributed by atoms with E-state index in [4.69, 9.17) is 11.6 Å². The molecule has 0 spiro atoms. The minimum Gasteiger partial charge on any atom is -0.465 e. The number of amides is 1. The van der Waals surface area contributed by atoms with Gasteiger partial charge in [-0.15, -0.1) is 11.8 Å². The van der Waals surface area contributed by atoms with E-state index in [-0.39, 0.29) is 12.2 Å². The maximum Gasteiger partial charge on any atom is 0.407 e. The minimum absolute atomic E-state index is 0.0670. The van der Waals surface area contributed by atoms with Crippen molar-refractivity contribution < 1.29 is 24.9 Å². The Morgan fingerprint density at radius 1 is 1.10 bits per heavy atom. The zero-order chi connectivity index (χ0) is 21.7. The predicted octanol–water partition coefficient (Wildman–Crippen LogP) is 3.76. The van der Waals surface area contributed by atoms with Gasteiger partial charge in [0.1, 0.15) is 0 Å². The van der Waals surface area contributed by atoms with E-state index in [0.717, 1.165) is 5.56 Å². The van der Waals surface area contributed by atoms with E-state index in [1.807, 2.05) is 18.2 Å². The summed E-state index contributed by atoms with van der Waals surface area (Å²) in [4.78, 5) is 26.0. The first-order chi connectivity index (χ1) is 14.2. The third kappa shape index (κ3) is 5.89. The van der Waals surface area contributed by atoms with Crippen LogP contribution < -0.4 is 5.32 Å². The summed E-state index contributed by atoms with van der Waals surface area (Å²) in [5.74, 6) is -0.0670. The van der Waals surface area contributed by atoms with E-state index < -0.39 is 11.3 Å². The second kappa shape index (κ2) is 9.70. The van der Waals surface area contributed by atoms with Crippen molar-refractivity contribution in [2.24, 2.45) is 0 Å². The molecule has 0 aromatic heterocycles. The number of hydrogen-bond donors (Lipinski definition) is 5. The van der Waals surface area contributed by atoms with Crippen LogP contribution in [0.1, 0.15) is 35.2 Å². The normalized spacial score (nSPS) is 14.1. The largest absolute Gasteiger partial charge is 0.465 e. The summed E-state index contributed by atoms with van der Waals surface area (Å²) in [6, 6.07) is 12.3. The van der Waals surface area contributed by atoms with E-state index >= 15 is 0 Å². The third-order valence-corrected chi connectivity index (χ3v) is 6.28. The molecule has 30 heavy (non-hydrogen) atoms. The first-order valence-corrected chi connectivity index (χ1v) is 10.9. The van der Waals surface area contributed by atoms with Crippen LogP contribution in [0.2, 0.25) is 5.02 Å². The van der Waals surface area contributed by atoms with Crippen LogP contribution in [0.3, 0.4) is 0 Å². The van der Waals surface area contributed by atoms with Crippen LogP contribution in [0, 0.1) is 0 Å². The number of carbonyl (C=O) groups is 2. The number of benzene rings is 2. The molecule has 2 aromatic carbocycles. The molecule has 2 aromatic rings. The molecule has 0 saturated carbocycles. The van der Waals surface area contributed by atoms with Crippen molar-refractivity contribution in [1.82, 2.24) is 4.90 Å². The fourth-order valence-corrected chi connectivity index (χ4v) is 4.41. The number of nitrogens with zero attached hydrogens (tertiary/aromatic N) is 1. The molecule has 0 saturated heterocycles. The number of hydrogen-bond acceptors (Lipinski definition) is 5. The van der Waals surface area contributed by atoms with E-state index in [1.54, 1.807) is 24.3 Å². The molecule has 161 valence electrons. The number of carbonyl (C=O) groups excluding carboxylic acids is 1. The van der Waals surface area contributed by atoms with Gasteiger partial charge in [0, 0.05) is 35.0 Å². The smallest absolute Gasteiger partial charge is 0.407 e. The lowest BCUT2D eigenvalue weighted by atomic mass is 10.0. The maximum atomic E-state index is 12.4. The van der Waals surface area contributed by atoms with Gasteiger partial charge in [0.25, 0.3) is 5.24 Å². The van der Waals surface area contributed by atoms with Gasteiger partial charge in [-0.2, -0.15) is 0 Å². The molecule has 0 aliphatic carbocycles. The van der Waals surface area contributed by atoms with Crippen LogP contribution in [0.4, 0.5) is 10.5 Å². The molecule has 4 N–H and O–H groups in total. The lowest BCUT2D eigenvalue weighted by molar-refractivity contribution is -0.0482. The van der Waals surface area contributed by atoms with Gasteiger partial charge in [0.05, 0.1) is 5.69 Å². The Kier molecular flexibility index (Phi) is 7.25. The highest BCUT2D eigenvalue weighted by Gasteiger charge is 2.32. The fraction of sp³-hybridized carbons (Fsp3) is 0.333. The SMILES string of the molecule is O=C(CCCCN(CCc1ccccc1Cl)C(=O)O)c1ccc2c(c1)NC(O)(O)[SH]2. The van der Waals surface area contributed by atoms with E-state index in [9.17, 15) is 24.9 Å². The van der Waals surface area contributed by atoms with E-state index in [2.05, 4.69) is 5.32 Å². The molecule has 3 rings (SSSR count). The fourth-order valence-electron chi connectivity index (χ4n) is 3.28. The van der Waals surface area contributed by atoms with Gasteiger partial charge in [-0.25, -0.2) is 4.79 Å². The summed E-state index contributed by atoms with van der Waals surface area (Å²) in [7, 11) is 0. The molecule has 1 heterocycles. The number of anilines is 1. The number of thiol groups is 1. The number of carboxylic acid groups (broad SMARTS) is 1. The summed E-state index contributed by atoms with van der Waals surface area (Å²) in [5, 5.41) is 29.9. The molecular formula is C21H24ClN2O5S. The van der Waals surface area contributed by atoms with Gasteiger partial charge in [-0.1, -0.05) is 35.9 Å². The number of unbranched alkanes of at least 4 members (excludes halogenated alkanes) is 1. The molecule has 1 aliphatic rings. The van der Waals surface area contributed by atoms with Gasteiger partial charge in [-0.05, 0) is 43.0 Å². The molecule has 0 atom stereocenters. The Balaban J connectivity index is 1.45. The molecule has 0 bridgehead atoms. The Bertz CT molecular complexity index is 937. The minimum atomic E-state index is -2.01. The van der Waals surface area contributed by atoms with Crippen molar-refractivity contribution in [2.75, 3.05) is 18.4 Å². The Morgan fingerprint density at radius 2 is 1.87 bits per heavy atom. The highest BCUT2D eigenvalue weighted by Crippen LogP contribution is 2.42. The Hall–Kier alpha value is -2.26. The first-order valence-electron chi connectivity index (χ1n) is 9.59. The zero-order valence-corrected chi connectivity index (χ0v) is 17.9. The number of rotatable bonds is 9. The summed E-state index contributed by atoms with van der Waals surface area (Å²) in [5.41, 5.74) is 1.92. The number of aliphatic hydroxyl groups is 2. The quantitative estimate of drug-likeness (QED) is 0.172. The maximum absolute atomic E-state index is 12.4. The lowest BCUT2D eigenvalue weighted by Crippen LogP contribution is -2.32. The summed E-state index contributed by atoms with van der Waals surface area (Å²) in [6.45, 7) is 0.683. The monoisotopic (exact) mass is 451 g/mol. The number of halogens is 1. The van der Waals surface area contributed by atoms with Gasteiger partial charge in [0.15, 0.2) is 5.78 Å².